The van der Waals surface area contributed by atoms with Crippen LogP contribution >= 0.6 is 19.8 Å². The molecule has 0 aromatic rings. The molecule has 0 aromatic heterocycles. The maximum absolute atomic E-state index is 12.4. The molecule has 0 radical (unpaired) electrons. The number of rotatable bonds is 9. The van der Waals surface area contributed by atoms with E-state index in [1.54, 1.807) is 0 Å². The highest BCUT2D eigenvalue weighted by Gasteiger charge is 2.31. The van der Waals surface area contributed by atoms with Crippen molar-refractivity contribution in [2.75, 3.05) is 13.2 Å². The van der Waals surface area contributed by atoms with Crippen LogP contribution in [-0.2, 0) is 13.6 Å². The van der Waals surface area contributed by atoms with Gasteiger partial charge in [-0.3, -0.25) is 9.99 Å². The Morgan fingerprint density at radius 2 is 1.95 bits per heavy atom. The second kappa shape index (κ2) is 9.85. The van der Waals surface area contributed by atoms with Gasteiger partial charge in [-0.25, -0.2) is 0 Å². The van der Waals surface area contributed by atoms with Gasteiger partial charge in [0.05, 0.1) is 19.4 Å². The predicted octanol–water partition coefficient (Wildman–Crippen LogP) is 1.64. The lowest BCUT2D eigenvalue weighted by Crippen LogP contribution is -2.24. The van der Waals surface area contributed by atoms with Gasteiger partial charge < -0.3 is 20.0 Å². The van der Waals surface area contributed by atoms with Crippen LogP contribution in [0.3, 0.4) is 0 Å². The van der Waals surface area contributed by atoms with Crippen LogP contribution in [0.4, 0.5) is 0 Å². The maximum Gasteiger partial charge on any atom is 0.384 e. The highest BCUT2D eigenvalue weighted by Crippen LogP contribution is 2.49. The zero-order valence-corrected chi connectivity index (χ0v) is 12.6. The molecule has 0 aliphatic rings. The fourth-order valence-corrected chi connectivity index (χ4v) is 2.44. The minimum atomic E-state index is -3.70. The summed E-state index contributed by atoms with van der Waals surface area (Å²) in [5, 5.41) is 15.3. The van der Waals surface area contributed by atoms with Crippen molar-refractivity contribution in [3.63, 3.8) is 0 Å². The number of oxime groups is 1. The summed E-state index contributed by atoms with van der Waals surface area (Å²) in [5.41, 5.74) is 7.09. The van der Waals surface area contributed by atoms with Gasteiger partial charge in [-0.1, -0.05) is 19.0 Å². The van der Waals surface area contributed by atoms with E-state index in [1.165, 1.54) is 0 Å². The molecule has 0 unspecified atom stereocenters. The third-order valence-corrected chi connectivity index (χ3v) is 3.57. The predicted molar refractivity (Wildman–Crippen MR) is 77.7 cm³/mol. The quantitative estimate of drug-likeness (QED) is 0.195. The summed E-state index contributed by atoms with van der Waals surface area (Å²) in [5.74, 6) is 0. The van der Waals surface area contributed by atoms with Gasteiger partial charge in [0.15, 0.2) is 5.11 Å². The largest absolute Gasteiger partial charge is 0.410 e. The van der Waals surface area contributed by atoms with Crippen molar-refractivity contribution in [3.05, 3.63) is 0 Å². The fourth-order valence-electron chi connectivity index (χ4n) is 0.897. The molecule has 0 bridgehead atoms. The van der Waals surface area contributed by atoms with Crippen LogP contribution in [0.1, 0.15) is 26.7 Å². The first kappa shape index (κ1) is 18.0. The molecule has 0 saturated heterocycles. The van der Waals surface area contributed by atoms with Crippen LogP contribution in [-0.4, -0.2) is 35.2 Å². The molecule has 0 rings (SSSR count). The Labute approximate surface area is 117 Å². The molecule has 0 aromatic carbocycles. The Hall–Kier alpha value is -1.02. The summed E-state index contributed by atoms with van der Waals surface area (Å²) in [7, 11) is -3.70. The lowest BCUT2D eigenvalue weighted by Gasteiger charge is -2.16. The van der Waals surface area contributed by atoms with Crippen LogP contribution in [0.5, 0.6) is 0 Å². The van der Waals surface area contributed by atoms with E-state index >= 15 is 0 Å². The number of hydrogen-bond acceptors (Lipinski definition) is 7. The summed E-state index contributed by atoms with van der Waals surface area (Å²) in [6.45, 7) is 4.11. The van der Waals surface area contributed by atoms with E-state index in [0.29, 0.717) is 12.8 Å². The Kier molecular flexibility index (Phi) is 9.32. The van der Waals surface area contributed by atoms with Crippen LogP contribution in [0.15, 0.2) is 10.3 Å². The summed E-state index contributed by atoms with van der Waals surface area (Å²) < 4.78 is 22.7. The fraction of sp³-hybridized carbons (Fsp3) is 0.667. The van der Waals surface area contributed by atoms with Crippen molar-refractivity contribution in [2.24, 2.45) is 16.0 Å². The third kappa shape index (κ3) is 7.22. The van der Waals surface area contributed by atoms with Gasteiger partial charge in [0.1, 0.15) is 0 Å². The van der Waals surface area contributed by atoms with Crippen molar-refractivity contribution >= 4 is 36.6 Å². The molecular weight excluding hydrogens is 291 g/mol. The van der Waals surface area contributed by atoms with Crippen molar-refractivity contribution in [3.8, 4) is 0 Å². The number of nitrogens with one attached hydrogen (secondary N) is 1. The number of hydrazone groups is 1. The normalized spacial score (nSPS) is 12.8. The molecule has 0 aliphatic heterocycles. The first-order chi connectivity index (χ1) is 9.00. The highest BCUT2D eigenvalue weighted by atomic mass is 32.1. The second-order valence-electron chi connectivity index (χ2n) is 3.36. The zero-order chi connectivity index (χ0) is 14.7. The topological polar surface area (TPSA) is 119 Å². The molecule has 4 N–H and O–H groups in total. The molecule has 8 nitrogen and oxygen atoms in total. The average Bonchev–Trinajstić information content (AvgIpc) is 2.38. The Balaban J connectivity index is 4.92. The van der Waals surface area contributed by atoms with Gasteiger partial charge in [0, 0.05) is 0 Å². The van der Waals surface area contributed by atoms with Gasteiger partial charge in [-0.2, -0.15) is 5.10 Å². The molecule has 0 aliphatic carbocycles. The van der Waals surface area contributed by atoms with Crippen molar-refractivity contribution in [2.45, 2.75) is 26.7 Å². The zero-order valence-electron chi connectivity index (χ0n) is 10.9. The van der Waals surface area contributed by atoms with E-state index in [1.807, 2.05) is 13.8 Å². The lowest BCUT2D eigenvalue weighted by molar-refractivity contribution is 0.215. The first-order valence-electron chi connectivity index (χ1n) is 5.70. The number of nitrogens with zero attached hydrogens (tertiary/aromatic N) is 2. The summed E-state index contributed by atoms with van der Waals surface area (Å²) >= 11 is 4.54. The smallest absolute Gasteiger partial charge is 0.384 e. The Bertz CT molecular complexity index is 376. The van der Waals surface area contributed by atoms with Gasteiger partial charge in [-0.15, -0.1) is 0 Å². The number of nitrogens with two attached hydrogens (primary N) is 1. The van der Waals surface area contributed by atoms with Crippen LogP contribution in [0, 0.1) is 0 Å². The molecule has 110 valence electrons. The van der Waals surface area contributed by atoms with Crippen LogP contribution < -0.4 is 11.2 Å². The van der Waals surface area contributed by atoms with Crippen molar-refractivity contribution in [1.29, 1.82) is 0 Å². The van der Waals surface area contributed by atoms with Gasteiger partial charge >= 0.3 is 7.60 Å². The summed E-state index contributed by atoms with van der Waals surface area (Å²) in [6.07, 6.45) is 2.27. The van der Waals surface area contributed by atoms with Crippen LogP contribution in [0.2, 0.25) is 0 Å². The maximum atomic E-state index is 12.4. The lowest BCUT2D eigenvalue weighted by atomic mass is 10.5. The average molecular weight is 310 g/mol. The third-order valence-electron chi connectivity index (χ3n) is 1.67. The second-order valence-corrected chi connectivity index (χ2v) is 5.77. The monoisotopic (exact) mass is 310 g/mol. The van der Waals surface area contributed by atoms with Crippen molar-refractivity contribution < 1.29 is 18.8 Å². The molecule has 0 amide bonds. The van der Waals surface area contributed by atoms with E-state index in [9.17, 15) is 4.57 Å². The molecule has 19 heavy (non-hydrogen) atoms. The van der Waals surface area contributed by atoms with E-state index in [2.05, 4.69) is 27.9 Å². The Morgan fingerprint density at radius 3 is 2.32 bits per heavy atom. The first-order valence-corrected chi connectivity index (χ1v) is 7.65. The minimum absolute atomic E-state index is 0.0766. The van der Waals surface area contributed by atoms with E-state index in [-0.39, 0.29) is 23.8 Å². The minimum Gasteiger partial charge on any atom is -0.410 e. The van der Waals surface area contributed by atoms with Gasteiger partial charge in [-0.05, 0) is 25.1 Å². The SMILES string of the molecule is CCCOP(=O)(OCCC)C(/C=N/NC(N)=S)=N/O. The Morgan fingerprint density at radius 1 is 1.42 bits per heavy atom. The highest BCUT2D eigenvalue weighted by molar-refractivity contribution is 7.80. The van der Waals surface area contributed by atoms with Crippen molar-refractivity contribution in [1.82, 2.24) is 5.43 Å². The summed E-state index contributed by atoms with van der Waals surface area (Å²) in [4.78, 5) is 0. The summed E-state index contributed by atoms with van der Waals surface area (Å²) in [6, 6.07) is 0. The van der Waals surface area contributed by atoms with E-state index < -0.39 is 7.60 Å². The molecule has 0 fully saturated rings. The molecular formula is C9H19N4O4PS. The molecule has 0 atom stereocenters. The van der Waals surface area contributed by atoms with E-state index in [4.69, 9.17) is 20.0 Å². The molecule has 0 saturated carbocycles. The molecule has 10 heteroatoms. The van der Waals surface area contributed by atoms with Gasteiger partial charge in [0.25, 0.3) is 0 Å². The number of thiocarbonyl (C=S) groups is 1. The van der Waals surface area contributed by atoms with E-state index in [0.717, 1.165) is 6.21 Å². The standard InChI is InChI=1S/C9H19N4O4PS/c1-3-5-16-18(15,17-6-4-2)8(13-14)7-11-12-9(10)19/h7,14H,3-6H2,1-2H3,(H3,10,12,19)/b11-7+,13-8+. The van der Waals surface area contributed by atoms with Gasteiger partial charge in [0.2, 0.25) is 5.45 Å². The van der Waals surface area contributed by atoms with Crippen LogP contribution in [0.25, 0.3) is 0 Å². The molecule has 0 spiro atoms. The number of hydrogen-bond donors (Lipinski definition) is 3. The molecule has 0 heterocycles.